The molecule has 0 aromatic heterocycles. The number of aliphatic hydroxyl groups excluding tert-OH is 1. The van der Waals surface area contributed by atoms with E-state index in [0.29, 0.717) is 12.8 Å². The number of unbranched alkanes of at least 4 members (excludes halogenated alkanes) is 29. The van der Waals surface area contributed by atoms with Crippen molar-refractivity contribution in [2.24, 2.45) is 0 Å². The molecule has 0 aliphatic rings. The number of hydrogen-bond donors (Lipinski definition) is 1. The molecule has 78 heavy (non-hydrogen) atoms. The number of ether oxygens (including phenoxy) is 2. The number of aliphatic hydroxyl groups is 1. The average Bonchev–Trinajstić information content (AvgIpc) is 3.44. The van der Waals surface area contributed by atoms with Gasteiger partial charge in [0.05, 0.1) is 6.61 Å². The first-order chi connectivity index (χ1) is 38.6. The second-order valence-corrected chi connectivity index (χ2v) is 21.5. The fourth-order valence-corrected chi connectivity index (χ4v) is 9.05. The van der Waals surface area contributed by atoms with Gasteiger partial charge in [-0.3, -0.25) is 9.59 Å². The first kappa shape index (κ1) is 74.0. The second-order valence-electron chi connectivity index (χ2n) is 21.5. The molecular weight excluding hydrogens is 957 g/mol. The van der Waals surface area contributed by atoms with E-state index in [1.807, 2.05) is 0 Å². The summed E-state index contributed by atoms with van der Waals surface area (Å²) in [6, 6.07) is 0. The van der Waals surface area contributed by atoms with Crippen LogP contribution in [-0.2, 0) is 19.1 Å². The summed E-state index contributed by atoms with van der Waals surface area (Å²) in [6.07, 6.45) is 100. The van der Waals surface area contributed by atoms with Gasteiger partial charge in [0.15, 0.2) is 6.10 Å². The molecule has 0 aliphatic carbocycles. The summed E-state index contributed by atoms with van der Waals surface area (Å²) in [5, 5.41) is 9.68. The highest BCUT2D eigenvalue weighted by Gasteiger charge is 2.16. The van der Waals surface area contributed by atoms with E-state index in [1.165, 1.54) is 167 Å². The quantitative estimate of drug-likeness (QED) is 0.0373. The molecule has 0 fully saturated rings. The molecule has 1 N–H and O–H groups in total. The van der Waals surface area contributed by atoms with Crippen molar-refractivity contribution >= 4 is 11.9 Å². The molecule has 0 spiro atoms. The van der Waals surface area contributed by atoms with Gasteiger partial charge in [-0.25, -0.2) is 0 Å². The fourth-order valence-electron chi connectivity index (χ4n) is 9.05. The molecule has 0 aromatic rings. The Labute approximate surface area is 483 Å². The van der Waals surface area contributed by atoms with Crippen LogP contribution in [0, 0.1) is 0 Å². The van der Waals surface area contributed by atoms with Crippen molar-refractivity contribution in [2.75, 3.05) is 13.2 Å². The van der Waals surface area contributed by atoms with Crippen LogP contribution in [0.5, 0.6) is 0 Å². The smallest absolute Gasteiger partial charge is 0.306 e. The monoisotopic (exact) mass is 1080 g/mol. The van der Waals surface area contributed by atoms with Crippen molar-refractivity contribution in [3.8, 4) is 0 Å². The Balaban J connectivity index is 3.51. The molecule has 0 bridgehead atoms. The second kappa shape index (κ2) is 67.3. The molecule has 0 saturated carbocycles. The van der Waals surface area contributed by atoms with Gasteiger partial charge >= 0.3 is 11.9 Å². The Kier molecular flexibility index (Phi) is 63.9. The largest absolute Gasteiger partial charge is 0.462 e. The number of hydrogen-bond acceptors (Lipinski definition) is 5. The molecule has 0 saturated heterocycles. The summed E-state index contributed by atoms with van der Waals surface area (Å²) in [4.78, 5) is 24.6. The zero-order chi connectivity index (χ0) is 56.2. The lowest BCUT2D eigenvalue weighted by Gasteiger charge is -2.15. The lowest BCUT2D eigenvalue weighted by molar-refractivity contribution is -0.161. The Morgan fingerprint density at radius 2 is 0.551 bits per heavy atom. The SMILES string of the molecule is CC/C=C\C/C=C\C/C=C\C/C=C\C/C=C\C/C=C\C/C=C\C/C=C\CCCCCCCCCCCCCCCCCCC(=O)OC(CO)COC(=O)CCCCCCCCCC/C=C\C/C=C\C/C=C\CCCCCCC. The van der Waals surface area contributed by atoms with E-state index in [2.05, 4.69) is 148 Å². The van der Waals surface area contributed by atoms with Gasteiger partial charge in [0.2, 0.25) is 0 Å². The summed E-state index contributed by atoms with van der Waals surface area (Å²) in [6.45, 7) is 4.02. The van der Waals surface area contributed by atoms with Gasteiger partial charge in [-0.05, 0) is 116 Å². The van der Waals surface area contributed by atoms with Crippen LogP contribution in [0.25, 0.3) is 0 Å². The van der Waals surface area contributed by atoms with Crippen molar-refractivity contribution in [1.29, 1.82) is 0 Å². The van der Waals surface area contributed by atoms with E-state index in [1.54, 1.807) is 0 Å². The van der Waals surface area contributed by atoms with Crippen LogP contribution in [0.15, 0.2) is 134 Å². The molecule has 0 rings (SSSR count). The summed E-state index contributed by atoms with van der Waals surface area (Å²) >= 11 is 0. The maximum atomic E-state index is 12.3. The minimum Gasteiger partial charge on any atom is -0.462 e. The molecule has 0 heterocycles. The Morgan fingerprint density at radius 1 is 0.308 bits per heavy atom. The standard InChI is InChI=1S/C73H122O5/c1-3-5-7-9-11-13-15-17-19-21-23-25-27-28-29-30-31-32-33-34-35-36-37-38-39-40-41-42-43-44-46-48-50-52-54-56-58-60-62-64-66-68-73(76)78-71(69-74)70-77-72(75)67-65-63-61-59-57-55-53-51-49-47-45-26-24-22-20-18-16-14-12-10-8-6-4-2/h5,7,11,13,16-19,22-25,28-29,31-32,34-35,37-38,45,47,71,74H,3-4,6,8-10,12,14-15,20-21,26-27,30,33,36,39-44,46,48-70H2,1-2H3/b7-5-,13-11-,18-16-,19-17-,24-22-,25-23-,29-28-,32-31-,35-34-,38-37-,47-45-. The van der Waals surface area contributed by atoms with E-state index in [-0.39, 0.29) is 25.2 Å². The predicted octanol–water partition coefficient (Wildman–Crippen LogP) is 22.8. The van der Waals surface area contributed by atoms with Crippen LogP contribution in [-0.4, -0.2) is 36.4 Å². The number of carbonyl (C=O) groups excluding carboxylic acids is 2. The van der Waals surface area contributed by atoms with E-state index >= 15 is 0 Å². The summed E-state index contributed by atoms with van der Waals surface area (Å²) < 4.78 is 10.7. The molecule has 0 aliphatic heterocycles. The van der Waals surface area contributed by atoms with Crippen LogP contribution in [0.4, 0.5) is 0 Å². The third-order valence-electron chi connectivity index (χ3n) is 13.9. The topological polar surface area (TPSA) is 72.8 Å². The van der Waals surface area contributed by atoms with Crippen molar-refractivity contribution in [1.82, 2.24) is 0 Å². The van der Waals surface area contributed by atoms with Crippen LogP contribution in [0.1, 0.15) is 296 Å². The van der Waals surface area contributed by atoms with E-state index in [0.717, 1.165) is 103 Å². The summed E-state index contributed by atoms with van der Waals surface area (Å²) in [5.41, 5.74) is 0. The van der Waals surface area contributed by atoms with Crippen LogP contribution in [0.2, 0.25) is 0 Å². The molecule has 444 valence electrons. The third kappa shape index (κ3) is 64.6. The Bertz CT molecular complexity index is 1600. The van der Waals surface area contributed by atoms with Gasteiger partial charge in [0, 0.05) is 12.8 Å². The van der Waals surface area contributed by atoms with Crippen molar-refractivity contribution in [3.05, 3.63) is 134 Å². The Morgan fingerprint density at radius 3 is 0.833 bits per heavy atom. The number of esters is 2. The van der Waals surface area contributed by atoms with Crippen molar-refractivity contribution in [2.45, 2.75) is 302 Å². The highest BCUT2D eigenvalue weighted by molar-refractivity contribution is 5.70. The average molecular weight is 1080 g/mol. The van der Waals surface area contributed by atoms with Crippen molar-refractivity contribution < 1.29 is 24.2 Å². The van der Waals surface area contributed by atoms with Crippen LogP contribution in [0.3, 0.4) is 0 Å². The zero-order valence-electron chi connectivity index (χ0n) is 50.9. The number of rotatable bonds is 59. The summed E-state index contributed by atoms with van der Waals surface area (Å²) in [5.74, 6) is -0.596. The summed E-state index contributed by atoms with van der Waals surface area (Å²) in [7, 11) is 0. The maximum Gasteiger partial charge on any atom is 0.306 e. The van der Waals surface area contributed by atoms with Crippen molar-refractivity contribution in [3.63, 3.8) is 0 Å². The third-order valence-corrected chi connectivity index (χ3v) is 13.9. The highest BCUT2D eigenvalue weighted by Crippen LogP contribution is 2.16. The van der Waals surface area contributed by atoms with Gasteiger partial charge < -0.3 is 14.6 Å². The molecule has 0 aromatic carbocycles. The predicted molar refractivity (Wildman–Crippen MR) is 343 cm³/mol. The Hall–Kier alpha value is -3.96. The lowest BCUT2D eigenvalue weighted by atomic mass is 10.0. The van der Waals surface area contributed by atoms with Crippen LogP contribution >= 0.6 is 0 Å². The number of carbonyl (C=O) groups is 2. The van der Waals surface area contributed by atoms with E-state index in [9.17, 15) is 14.7 Å². The van der Waals surface area contributed by atoms with E-state index < -0.39 is 6.10 Å². The first-order valence-electron chi connectivity index (χ1n) is 32.7. The minimum atomic E-state index is -0.783. The zero-order valence-corrected chi connectivity index (χ0v) is 50.9. The molecule has 5 heteroatoms. The molecule has 5 nitrogen and oxygen atoms in total. The minimum absolute atomic E-state index is 0.0737. The van der Waals surface area contributed by atoms with Gasteiger partial charge in [-0.15, -0.1) is 0 Å². The van der Waals surface area contributed by atoms with Crippen LogP contribution < -0.4 is 0 Å². The maximum absolute atomic E-state index is 12.3. The lowest BCUT2D eigenvalue weighted by Crippen LogP contribution is -2.28. The number of allylic oxidation sites excluding steroid dienone is 22. The highest BCUT2D eigenvalue weighted by atomic mass is 16.6. The van der Waals surface area contributed by atoms with E-state index in [4.69, 9.17) is 9.47 Å². The normalized spacial score (nSPS) is 13.1. The molecule has 0 amide bonds. The molecule has 1 atom stereocenters. The van der Waals surface area contributed by atoms with Gasteiger partial charge in [0.1, 0.15) is 6.61 Å². The fraction of sp³-hybridized carbons (Fsp3) is 0.671. The molecule has 0 radical (unpaired) electrons. The van der Waals surface area contributed by atoms with Gasteiger partial charge in [0.25, 0.3) is 0 Å². The van der Waals surface area contributed by atoms with Gasteiger partial charge in [-0.2, -0.15) is 0 Å². The molecule has 1 unspecified atom stereocenters. The first-order valence-corrected chi connectivity index (χ1v) is 32.7. The van der Waals surface area contributed by atoms with Gasteiger partial charge in [-0.1, -0.05) is 302 Å². The molecular formula is C73H122O5.